The predicted molar refractivity (Wildman–Crippen MR) is 56.4 cm³/mol. The van der Waals surface area contributed by atoms with Crippen LogP contribution in [0, 0.1) is 22.7 Å². The van der Waals surface area contributed by atoms with Gasteiger partial charge in [0.05, 0.1) is 17.0 Å². The molecule has 5 nitrogen and oxygen atoms in total. The summed E-state index contributed by atoms with van der Waals surface area (Å²) in [6.45, 7) is -0.657. The first-order valence-electron chi connectivity index (χ1n) is 4.42. The van der Waals surface area contributed by atoms with Crippen molar-refractivity contribution in [2.45, 2.75) is 4.90 Å². The monoisotopic (exact) mass is 235 g/mol. The van der Waals surface area contributed by atoms with Crippen LogP contribution < -0.4 is 0 Å². The molecule has 0 heterocycles. The zero-order valence-corrected chi connectivity index (χ0v) is 9.18. The summed E-state index contributed by atoms with van der Waals surface area (Å²) in [5.41, 5.74) is 0. The second kappa shape index (κ2) is 5.26. The molecule has 1 aromatic carbocycles. The van der Waals surface area contributed by atoms with Gasteiger partial charge in [0.25, 0.3) is 0 Å². The van der Waals surface area contributed by atoms with Crippen LogP contribution in [0.4, 0.5) is 0 Å². The number of hydrogen-bond acceptors (Lipinski definition) is 4. The number of sulfonamides is 1. The molecule has 0 radical (unpaired) electrons. The van der Waals surface area contributed by atoms with Gasteiger partial charge in [-0.15, -0.1) is 0 Å². The summed E-state index contributed by atoms with van der Waals surface area (Å²) in [4.78, 5) is 0.0838. The van der Waals surface area contributed by atoms with E-state index in [0.717, 1.165) is 4.31 Å². The lowest BCUT2D eigenvalue weighted by molar-refractivity contribution is 0.479. The molecule has 0 aromatic heterocycles. The Morgan fingerprint density at radius 2 is 1.56 bits per heavy atom. The molecule has 1 aromatic rings. The maximum Gasteiger partial charge on any atom is 0.244 e. The second-order valence-corrected chi connectivity index (χ2v) is 4.84. The van der Waals surface area contributed by atoms with Crippen molar-refractivity contribution < 1.29 is 8.42 Å². The van der Waals surface area contributed by atoms with Gasteiger partial charge in [-0.1, -0.05) is 18.2 Å². The molecule has 0 N–H and O–H groups in total. The molecule has 0 aliphatic rings. The molecule has 16 heavy (non-hydrogen) atoms. The van der Waals surface area contributed by atoms with Gasteiger partial charge < -0.3 is 0 Å². The van der Waals surface area contributed by atoms with Crippen LogP contribution in [0.2, 0.25) is 0 Å². The largest absolute Gasteiger partial charge is 0.244 e. The fourth-order valence-electron chi connectivity index (χ4n) is 1.13. The molecule has 0 atom stereocenters. The zero-order chi connectivity index (χ0) is 12.0. The number of rotatable bonds is 4. The highest BCUT2D eigenvalue weighted by molar-refractivity contribution is 7.89. The van der Waals surface area contributed by atoms with Gasteiger partial charge in [-0.05, 0) is 12.1 Å². The fraction of sp³-hybridized carbons (Fsp3) is 0.200. The lowest BCUT2D eigenvalue weighted by Crippen LogP contribution is -2.31. The molecular formula is C10H9N3O2S. The molecule has 0 bridgehead atoms. The number of hydrogen-bond donors (Lipinski definition) is 0. The van der Waals surface area contributed by atoms with Crippen molar-refractivity contribution in [3.63, 3.8) is 0 Å². The summed E-state index contributed by atoms with van der Waals surface area (Å²) in [6, 6.07) is 11.2. The number of nitriles is 2. The minimum atomic E-state index is -3.74. The van der Waals surface area contributed by atoms with E-state index in [0.29, 0.717) is 0 Å². The van der Waals surface area contributed by atoms with Crippen molar-refractivity contribution in [1.29, 1.82) is 10.5 Å². The average molecular weight is 235 g/mol. The van der Waals surface area contributed by atoms with Crippen LogP contribution in [0.1, 0.15) is 0 Å². The summed E-state index contributed by atoms with van der Waals surface area (Å²) >= 11 is 0. The van der Waals surface area contributed by atoms with E-state index in [1.54, 1.807) is 30.3 Å². The van der Waals surface area contributed by atoms with E-state index in [1.807, 2.05) is 0 Å². The Balaban J connectivity index is 3.10. The summed E-state index contributed by atoms with van der Waals surface area (Å²) in [7, 11) is -3.74. The first kappa shape index (κ1) is 12.2. The molecule has 0 fully saturated rings. The zero-order valence-electron chi connectivity index (χ0n) is 8.37. The first-order chi connectivity index (χ1) is 7.62. The third-order valence-electron chi connectivity index (χ3n) is 1.88. The molecular weight excluding hydrogens is 226 g/mol. The van der Waals surface area contributed by atoms with Crippen LogP contribution in [-0.2, 0) is 10.0 Å². The number of nitrogens with zero attached hydrogens (tertiary/aromatic N) is 3. The van der Waals surface area contributed by atoms with Crippen molar-refractivity contribution in [2.75, 3.05) is 13.1 Å². The Bertz CT molecular complexity index is 509. The Morgan fingerprint density at radius 3 is 2.00 bits per heavy atom. The summed E-state index contributed by atoms with van der Waals surface area (Å²) in [5.74, 6) is 0. The van der Waals surface area contributed by atoms with E-state index >= 15 is 0 Å². The standard InChI is InChI=1S/C10H9N3O2S/c11-6-8-13(9-7-12)16(14,15)10-4-2-1-3-5-10/h1-5H,8-9H2. The Hall–Kier alpha value is -1.89. The van der Waals surface area contributed by atoms with E-state index in [-0.39, 0.29) is 18.0 Å². The van der Waals surface area contributed by atoms with Gasteiger partial charge in [0.1, 0.15) is 13.1 Å². The molecule has 0 saturated carbocycles. The molecule has 1 rings (SSSR count). The van der Waals surface area contributed by atoms with Gasteiger partial charge in [-0.3, -0.25) is 0 Å². The van der Waals surface area contributed by atoms with Crippen molar-refractivity contribution in [1.82, 2.24) is 4.31 Å². The number of benzene rings is 1. The molecule has 0 saturated heterocycles. The highest BCUT2D eigenvalue weighted by Crippen LogP contribution is 2.13. The first-order valence-corrected chi connectivity index (χ1v) is 5.86. The molecule has 0 aliphatic heterocycles. The summed E-state index contributed by atoms with van der Waals surface area (Å²) in [6.07, 6.45) is 0. The van der Waals surface area contributed by atoms with E-state index in [1.165, 1.54) is 12.1 Å². The average Bonchev–Trinajstić information content (AvgIpc) is 2.30. The third kappa shape index (κ3) is 2.57. The lowest BCUT2D eigenvalue weighted by Gasteiger charge is -2.15. The van der Waals surface area contributed by atoms with Crippen LogP contribution >= 0.6 is 0 Å². The van der Waals surface area contributed by atoms with Gasteiger partial charge in [-0.25, -0.2) is 8.42 Å². The van der Waals surface area contributed by atoms with Crippen molar-refractivity contribution in [3.05, 3.63) is 30.3 Å². The second-order valence-electron chi connectivity index (χ2n) is 2.90. The Kier molecular flexibility index (Phi) is 4.01. The molecule has 6 heteroatoms. The smallest absolute Gasteiger partial charge is 0.207 e. The van der Waals surface area contributed by atoms with Gasteiger partial charge in [-0.2, -0.15) is 14.8 Å². The topological polar surface area (TPSA) is 85.0 Å². The van der Waals surface area contributed by atoms with Crippen molar-refractivity contribution in [2.24, 2.45) is 0 Å². The van der Waals surface area contributed by atoms with Crippen molar-refractivity contribution >= 4 is 10.0 Å². The quantitative estimate of drug-likeness (QED) is 0.720. The Morgan fingerprint density at radius 1 is 1.06 bits per heavy atom. The van der Waals surface area contributed by atoms with Crippen molar-refractivity contribution in [3.8, 4) is 12.1 Å². The highest BCUT2D eigenvalue weighted by Gasteiger charge is 2.23. The SMILES string of the molecule is N#CCN(CC#N)S(=O)(=O)c1ccccc1. The van der Waals surface area contributed by atoms with Gasteiger partial charge >= 0.3 is 0 Å². The molecule has 0 aliphatic carbocycles. The van der Waals surface area contributed by atoms with Gasteiger partial charge in [0, 0.05) is 0 Å². The van der Waals surface area contributed by atoms with Gasteiger partial charge in [0.15, 0.2) is 0 Å². The summed E-state index contributed by atoms with van der Waals surface area (Å²) < 4.78 is 24.7. The highest BCUT2D eigenvalue weighted by atomic mass is 32.2. The normalized spacial score (nSPS) is 10.7. The van der Waals surface area contributed by atoms with E-state index < -0.39 is 10.0 Å². The summed E-state index contributed by atoms with van der Waals surface area (Å²) in [5, 5.41) is 17.0. The molecule has 0 amide bonds. The van der Waals surface area contributed by atoms with E-state index in [2.05, 4.69) is 0 Å². The minimum Gasteiger partial charge on any atom is -0.207 e. The fourth-order valence-corrected chi connectivity index (χ4v) is 2.38. The van der Waals surface area contributed by atoms with Crippen LogP contribution in [0.3, 0.4) is 0 Å². The maximum atomic E-state index is 11.9. The third-order valence-corrected chi connectivity index (χ3v) is 3.68. The molecule has 0 unspecified atom stereocenters. The van der Waals surface area contributed by atoms with Crippen LogP contribution in [0.25, 0.3) is 0 Å². The Labute approximate surface area is 94.2 Å². The maximum absolute atomic E-state index is 11.9. The van der Waals surface area contributed by atoms with Crippen LogP contribution in [0.15, 0.2) is 35.2 Å². The predicted octanol–water partition coefficient (Wildman–Crippen LogP) is 0.724. The van der Waals surface area contributed by atoms with Crippen LogP contribution in [-0.4, -0.2) is 25.8 Å². The van der Waals surface area contributed by atoms with E-state index in [4.69, 9.17) is 10.5 Å². The van der Waals surface area contributed by atoms with Crippen LogP contribution in [0.5, 0.6) is 0 Å². The minimum absolute atomic E-state index is 0.0838. The van der Waals surface area contributed by atoms with Gasteiger partial charge in [0.2, 0.25) is 10.0 Å². The van der Waals surface area contributed by atoms with E-state index in [9.17, 15) is 8.42 Å². The molecule has 82 valence electrons. The molecule has 0 spiro atoms. The lowest BCUT2D eigenvalue weighted by atomic mass is 10.4.